The molecule has 0 spiro atoms. The molecule has 2 rings (SSSR count). The lowest BCUT2D eigenvalue weighted by atomic mass is 10.0. The van der Waals surface area contributed by atoms with E-state index < -0.39 is 0 Å². The van der Waals surface area contributed by atoms with Gasteiger partial charge in [-0.25, -0.2) is 4.39 Å². The molecule has 0 saturated heterocycles. The summed E-state index contributed by atoms with van der Waals surface area (Å²) in [6, 6.07) is 14.5. The van der Waals surface area contributed by atoms with Gasteiger partial charge in [-0.15, -0.1) is 0 Å². The average molecular weight is 202 g/mol. The highest BCUT2D eigenvalue weighted by Crippen LogP contribution is 2.21. The molecule has 0 radical (unpaired) electrons. The molecule has 0 aliphatic carbocycles. The van der Waals surface area contributed by atoms with E-state index in [0.29, 0.717) is 5.56 Å². The van der Waals surface area contributed by atoms with Crippen LogP contribution in [-0.4, -0.2) is 5.11 Å². The predicted octanol–water partition coefficient (Wildman–Crippen LogP) is 2.99. The Balaban J connectivity index is 2.43. The van der Waals surface area contributed by atoms with E-state index in [1.165, 1.54) is 6.07 Å². The molecule has 0 fully saturated rings. The zero-order valence-electron chi connectivity index (χ0n) is 8.15. The second-order valence-corrected chi connectivity index (χ2v) is 3.33. The van der Waals surface area contributed by atoms with Gasteiger partial charge in [0.1, 0.15) is 5.82 Å². The molecule has 0 atom stereocenters. The molecule has 15 heavy (non-hydrogen) atoms. The van der Waals surface area contributed by atoms with Gasteiger partial charge in [-0.1, -0.05) is 42.5 Å². The highest BCUT2D eigenvalue weighted by atomic mass is 19.1. The van der Waals surface area contributed by atoms with Crippen LogP contribution in [-0.2, 0) is 6.61 Å². The van der Waals surface area contributed by atoms with E-state index in [-0.39, 0.29) is 12.4 Å². The zero-order valence-corrected chi connectivity index (χ0v) is 8.15. The molecule has 1 N–H and O–H groups in total. The van der Waals surface area contributed by atoms with Gasteiger partial charge in [0, 0.05) is 5.56 Å². The highest BCUT2D eigenvalue weighted by molar-refractivity contribution is 5.63. The van der Waals surface area contributed by atoms with Crippen LogP contribution in [0.5, 0.6) is 0 Å². The topological polar surface area (TPSA) is 20.2 Å². The Kier molecular flexibility index (Phi) is 2.79. The van der Waals surface area contributed by atoms with Crippen LogP contribution in [0.25, 0.3) is 11.1 Å². The van der Waals surface area contributed by atoms with E-state index in [4.69, 9.17) is 5.11 Å². The predicted molar refractivity (Wildman–Crippen MR) is 57.8 cm³/mol. The molecule has 2 heteroatoms. The van der Waals surface area contributed by atoms with E-state index in [9.17, 15) is 4.39 Å². The van der Waals surface area contributed by atoms with Gasteiger partial charge in [-0.3, -0.25) is 0 Å². The zero-order chi connectivity index (χ0) is 10.7. The molecular weight excluding hydrogens is 191 g/mol. The third-order valence-corrected chi connectivity index (χ3v) is 2.33. The molecule has 1 nitrogen and oxygen atoms in total. The standard InChI is InChI=1S/C13H11FO/c14-13-8-11(6-7-12(13)9-15)10-4-2-1-3-5-10/h1-8,15H,9H2. The Morgan fingerprint density at radius 1 is 0.933 bits per heavy atom. The number of hydrogen-bond acceptors (Lipinski definition) is 1. The summed E-state index contributed by atoms with van der Waals surface area (Å²) in [5.74, 6) is -0.362. The number of aliphatic hydroxyl groups is 1. The van der Waals surface area contributed by atoms with Crippen molar-refractivity contribution in [2.75, 3.05) is 0 Å². The largest absolute Gasteiger partial charge is 0.392 e. The van der Waals surface area contributed by atoms with Crippen molar-refractivity contribution in [1.29, 1.82) is 0 Å². The first-order valence-electron chi connectivity index (χ1n) is 4.76. The van der Waals surface area contributed by atoms with Crippen LogP contribution < -0.4 is 0 Å². The Bertz CT molecular complexity index is 451. The van der Waals surface area contributed by atoms with Gasteiger partial charge in [-0.2, -0.15) is 0 Å². The van der Waals surface area contributed by atoms with E-state index >= 15 is 0 Å². The summed E-state index contributed by atoms with van der Waals surface area (Å²) >= 11 is 0. The molecule has 2 aromatic carbocycles. The first kappa shape index (κ1) is 9.87. The van der Waals surface area contributed by atoms with Crippen molar-refractivity contribution in [2.24, 2.45) is 0 Å². The van der Waals surface area contributed by atoms with Crippen molar-refractivity contribution >= 4 is 0 Å². The van der Waals surface area contributed by atoms with Crippen LogP contribution in [0, 0.1) is 5.82 Å². The van der Waals surface area contributed by atoms with Crippen LogP contribution in [0.2, 0.25) is 0 Å². The maximum Gasteiger partial charge on any atom is 0.129 e. The van der Waals surface area contributed by atoms with Gasteiger partial charge in [0.25, 0.3) is 0 Å². The fraction of sp³-hybridized carbons (Fsp3) is 0.0769. The van der Waals surface area contributed by atoms with Crippen molar-refractivity contribution in [3.63, 3.8) is 0 Å². The molecule has 0 bridgehead atoms. The van der Waals surface area contributed by atoms with Gasteiger partial charge < -0.3 is 5.11 Å². The lowest BCUT2D eigenvalue weighted by Gasteiger charge is -2.04. The van der Waals surface area contributed by atoms with Crippen LogP contribution >= 0.6 is 0 Å². The molecule has 2 aromatic rings. The van der Waals surface area contributed by atoms with Gasteiger partial charge >= 0.3 is 0 Å². The molecule has 0 saturated carbocycles. The minimum Gasteiger partial charge on any atom is -0.392 e. The summed E-state index contributed by atoms with van der Waals surface area (Å²) in [6.07, 6.45) is 0. The van der Waals surface area contributed by atoms with E-state index in [0.717, 1.165) is 11.1 Å². The van der Waals surface area contributed by atoms with Gasteiger partial charge in [0.2, 0.25) is 0 Å². The summed E-state index contributed by atoms with van der Waals surface area (Å²) in [7, 11) is 0. The number of rotatable bonds is 2. The summed E-state index contributed by atoms with van der Waals surface area (Å²) in [4.78, 5) is 0. The van der Waals surface area contributed by atoms with E-state index in [1.807, 2.05) is 36.4 Å². The van der Waals surface area contributed by atoms with E-state index in [2.05, 4.69) is 0 Å². The quantitative estimate of drug-likeness (QED) is 0.793. The van der Waals surface area contributed by atoms with E-state index in [1.54, 1.807) is 6.07 Å². The number of aliphatic hydroxyl groups excluding tert-OH is 1. The van der Waals surface area contributed by atoms with Crippen LogP contribution in [0.3, 0.4) is 0 Å². The number of benzene rings is 2. The molecule has 0 amide bonds. The maximum atomic E-state index is 13.4. The molecule has 0 aliphatic rings. The van der Waals surface area contributed by atoms with Gasteiger partial charge in [0.15, 0.2) is 0 Å². The summed E-state index contributed by atoms with van der Waals surface area (Å²) in [5, 5.41) is 8.84. The minimum atomic E-state index is -0.362. The summed E-state index contributed by atoms with van der Waals surface area (Å²) in [5.41, 5.74) is 2.13. The van der Waals surface area contributed by atoms with Crippen molar-refractivity contribution < 1.29 is 9.50 Å². The lowest BCUT2D eigenvalue weighted by molar-refractivity contribution is 0.276. The van der Waals surface area contributed by atoms with Gasteiger partial charge in [0.05, 0.1) is 6.61 Å². The maximum absolute atomic E-state index is 13.4. The molecule has 0 aliphatic heterocycles. The fourth-order valence-corrected chi connectivity index (χ4v) is 1.49. The van der Waals surface area contributed by atoms with Crippen LogP contribution in [0.15, 0.2) is 48.5 Å². The first-order chi connectivity index (χ1) is 7.31. The fourth-order valence-electron chi connectivity index (χ4n) is 1.49. The number of halogens is 1. The smallest absolute Gasteiger partial charge is 0.129 e. The van der Waals surface area contributed by atoms with Crippen LogP contribution in [0.4, 0.5) is 4.39 Å². The molecule has 0 aromatic heterocycles. The molecule has 0 heterocycles. The number of hydrogen-bond donors (Lipinski definition) is 1. The second-order valence-electron chi connectivity index (χ2n) is 3.33. The van der Waals surface area contributed by atoms with Crippen molar-refractivity contribution in [3.8, 4) is 11.1 Å². The van der Waals surface area contributed by atoms with Crippen molar-refractivity contribution in [1.82, 2.24) is 0 Å². The highest BCUT2D eigenvalue weighted by Gasteiger charge is 2.03. The summed E-state index contributed by atoms with van der Waals surface area (Å²) in [6.45, 7) is -0.263. The van der Waals surface area contributed by atoms with Crippen molar-refractivity contribution in [2.45, 2.75) is 6.61 Å². The van der Waals surface area contributed by atoms with Crippen LogP contribution in [0.1, 0.15) is 5.56 Å². The molecular formula is C13H11FO. The Morgan fingerprint density at radius 3 is 2.27 bits per heavy atom. The van der Waals surface area contributed by atoms with Crippen molar-refractivity contribution in [3.05, 3.63) is 59.9 Å². The SMILES string of the molecule is OCc1ccc(-c2ccccc2)cc1F. The Hall–Kier alpha value is -1.67. The third kappa shape index (κ3) is 2.05. The van der Waals surface area contributed by atoms with Gasteiger partial charge in [-0.05, 0) is 17.2 Å². The Labute approximate surface area is 87.8 Å². The average Bonchev–Trinajstić information content (AvgIpc) is 2.30. The first-order valence-corrected chi connectivity index (χ1v) is 4.76. The third-order valence-electron chi connectivity index (χ3n) is 2.33. The molecule has 76 valence electrons. The molecule has 0 unspecified atom stereocenters. The summed E-state index contributed by atoms with van der Waals surface area (Å²) < 4.78 is 13.4. The monoisotopic (exact) mass is 202 g/mol. The second kappa shape index (κ2) is 4.24. The normalized spacial score (nSPS) is 10.3. The lowest BCUT2D eigenvalue weighted by Crippen LogP contribution is -1.89. The minimum absolute atomic E-state index is 0.263. The Morgan fingerprint density at radius 2 is 1.67 bits per heavy atom.